The summed E-state index contributed by atoms with van der Waals surface area (Å²) in [5.74, 6) is 5.38. The van der Waals surface area contributed by atoms with E-state index in [0.717, 1.165) is 36.0 Å². The molecule has 2 nitrogen and oxygen atoms in total. The first-order valence-corrected chi connectivity index (χ1v) is 12.0. The van der Waals surface area contributed by atoms with Crippen molar-refractivity contribution in [3.63, 3.8) is 0 Å². The van der Waals surface area contributed by atoms with E-state index in [-0.39, 0.29) is 5.97 Å². The average molecular weight is 375 g/mol. The predicted octanol–water partition coefficient (Wildman–Crippen LogP) is 6.62. The van der Waals surface area contributed by atoms with Crippen molar-refractivity contribution in [2.75, 3.05) is 7.11 Å². The summed E-state index contributed by atoms with van der Waals surface area (Å²) >= 11 is 0. The van der Waals surface area contributed by atoms with E-state index in [0.29, 0.717) is 23.2 Å². The molecule has 0 amide bonds. The third kappa shape index (κ3) is 3.18. The Morgan fingerprint density at radius 3 is 2.52 bits per heavy atom. The van der Waals surface area contributed by atoms with Gasteiger partial charge in [-0.25, -0.2) is 0 Å². The van der Waals surface area contributed by atoms with Crippen molar-refractivity contribution in [1.29, 1.82) is 0 Å². The number of rotatable bonds is 4. The van der Waals surface area contributed by atoms with Crippen molar-refractivity contribution in [2.24, 2.45) is 46.3 Å². The molecule has 0 aromatic heterocycles. The molecule has 0 N–H and O–H groups in total. The Hall–Kier alpha value is -0.530. The molecule has 0 spiro atoms. The molecule has 0 bridgehead atoms. The van der Waals surface area contributed by atoms with Crippen molar-refractivity contribution >= 4 is 5.97 Å². The van der Waals surface area contributed by atoms with Gasteiger partial charge in [-0.1, -0.05) is 33.6 Å². The SMILES string of the molecule is COC(=O)CCC(C)C1CCC2C3CCC4CCCC[C@]4(C)C3CC[C@]12C. The van der Waals surface area contributed by atoms with Crippen LogP contribution in [0.2, 0.25) is 0 Å². The normalized spacial score (nSPS) is 47.5. The van der Waals surface area contributed by atoms with Crippen LogP contribution in [0.15, 0.2) is 0 Å². The van der Waals surface area contributed by atoms with Crippen LogP contribution in [0.4, 0.5) is 0 Å². The molecule has 0 radical (unpaired) electrons. The van der Waals surface area contributed by atoms with Crippen LogP contribution < -0.4 is 0 Å². The van der Waals surface area contributed by atoms with Crippen LogP contribution in [0.5, 0.6) is 0 Å². The van der Waals surface area contributed by atoms with Gasteiger partial charge in [-0.3, -0.25) is 4.79 Å². The Morgan fingerprint density at radius 2 is 1.74 bits per heavy atom. The van der Waals surface area contributed by atoms with Gasteiger partial charge in [-0.15, -0.1) is 0 Å². The molecule has 0 aliphatic heterocycles. The molecule has 0 heterocycles. The first-order valence-electron chi connectivity index (χ1n) is 12.0. The maximum Gasteiger partial charge on any atom is 0.305 e. The summed E-state index contributed by atoms with van der Waals surface area (Å²) in [6.45, 7) is 7.73. The van der Waals surface area contributed by atoms with Gasteiger partial charge in [-0.05, 0) is 104 Å². The molecule has 4 saturated carbocycles. The molecule has 4 aliphatic carbocycles. The zero-order valence-corrected chi connectivity index (χ0v) is 18.3. The van der Waals surface area contributed by atoms with Gasteiger partial charge in [0.15, 0.2) is 0 Å². The van der Waals surface area contributed by atoms with Crippen LogP contribution >= 0.6 is 0 Å². The lowest BCUT2D eigenvalue weighted by Crippen LogP contribution is -2.53. The van der Waals surface area contributed by atoms with Crippen LogP contribution in [-0.4, -0.2) is 13.1 Å². The van der Waals surface area contributed by atoms with Gasteiger partial charge >= 0.3 is 5.97 Å². The van der Waals surface area contributed by atoms with Crippen LogP contribution in [0.25, 0.3) is 0 Å². The smallest absolute Gasteiger partial charge is 0.305 e. The number of hydrogen-bond donors (Lipinski definition) is 0. The number of methoxy groups -OCH3 is 1. The van der Waals surface area contributed by atoms with E-state index in [2.05, 4.69) is 20.8 Å². The zero-order valence-electron chi connectivity index (χ0n) is 18.3. The minimum absolute atomic E-state index is 0.0335. The van der Waals surface area contributed by atoms with Crippen LogP contribution in [-0.2, 0) is 9.53 Å². The Bertz CT molecular complexity index is 557. The summed E-state index contributed by atoms with van der Waals surface area (Å²) in [6.07, 6.45) is 16.4. The molecular weight excluding hydrogens is 332 g/mol. The van der Waals surface area contributed by atoms with E-state index < -0.39 is 0 Å². The number of carbonyl (C=O) groups is 1. The molecule has 4 aliphatic rings. The highest BCUT2D eigenvalue weighted by molar-refractivity contribution is 5.69. The Kier molecular flexibility index (Phi) is 5.40. The van der Waals surface area contributed by atoms with Gasteiger partial charge in [0.05, 0.1) is 7.11 Å². The highest BCUT2D eigenvalue weighted by atomic mass is 16.5. The average Bonchev–Trinajstić information content (AvgIpc) is 3.02. The fourth-order valence-corrected chi connectivity index (χ4v) is 8.92. The fraction of sp³-hybridized carbons (Fsp3) is 0.960. The number of carbonyl (C=O) groups excluding carboxylic acids is 1. The van der Waals surface area contributed by atoms with Crippen LogP contribution in [0.1, 0.15) is 97.8 Å². The summed E-state index contributed by atoms with van der Waals surface area (Å²) < 4.78 is 4.89. The summed E-state index contributed by atoms with van der Waals surface area (Å²) in [5.41, 5.74) is 1.17. The Labute approximate surface area is 167 Å². The molecular formula is C25H42O2. The molecule has 4 rings (SSSR count). The summed E-state index contributed by atoms with van der Waals surface area (Å²) in [7, 11) is 1.52. The molecule has 4 fully saturated rings. The van der Waals surface area contributed by atoms with E-state index in [9.17, 15) is 4.79 Å². The number of hydrogen-bond acceptors (Lipinski definition) is 2. The van der Waals surface area contributed by atoms with Gasteiger partial charge in [0.25, 0.3) is 0 Å². The van der Waals surface area contributed by atoms with Crippen molar-refractivity contribution in [1.82, 2.24) is 0 Å². The minimum atomic E-state index is -0.0335. The van der Waals surface area contributed by atoms with Gasteiger partial charge in [-0.2, -0.15) is 0 Å². The Balaban J connectivity index is 1.49. The summed E-state index contributed by atoms with van der Waals surface area (Å²) in [6, 6.07) is 0. The predicted molar refractivity (Wildman–Crippen MR) is 110 cm³/mol. The van der Waals surface area contributed by atoms with Crippen molar-refractivity contribution in [3.05, 3.63) is 0 Å². The fourth-order valence-electron chi connectivity index (χ4n) is 8.92. The lowest BCUT2D eigenvalue weighted by molar-refractivity contribution is -0.141. The molecule has 0 saturated heterocycles. The van der Waals surface area contributed by atoms with E-state index in [4.69, 9.17) is 4.74 Å². The van der Waals surface area contributed by atoms with Crippen molar-refractivity contribution in [2.45, 2.75) is 97.8 Å². The molecule has 0 aromatic carbocycles. The van der Waals surface area contributed by atoms with Gasteiger partial charge < -0.3 is 4.74 Å². The van der Waals surface area contributed by atoms with Crippen molar-refractivity contribution < 1.29 is 9.53 Å². The van der Waals surface area contributed by atoms with Gasteiger partial charge in [0, 0.05) is 6.42 Å². The number of ether oxygens (including phenoxy) is 1. The van der Waals surface area contributed by atoms with Crippen LogP contribution in [0, 0.1) is 46.3 Å². The highest BCUT2D eigenvalue weighted by Gasteiger charge is 2.60. The number of fused-ring (bicyclic) bond motifs is 5. The molecule has 8 atom stereocenters. The van der Waals surface area contributed by atoms with Crippen molar-refractivity contribution in [3.8, 4) is 0 Å². The maximum atomic E-state index is 11.6. The second-order valence-electron chi connectivity index (χ2n) is 11.2. The standard InChI is InChI=1S/C25H42O2/c1-17(8-13-23(26)27-4)20-11-12-21-19-10-9-18-7-5-6-15-24(18,2)22(19)14-16-25(20,21)3/h17-22H,5-16H2,1-4H3/t17?,18?,19?,20?,21?,22?,24-,25+/m0/s1. The zero-order chi connectivity index (χ0) is 19.2. The number of esters is 1. The van der Waals surface area contributed by atoms with E-state index in [1.165, 1.54) is 71.3 Å². The lowest BCUT2D eigenvalue weighted by atomic mass is 9.44. The quantitative estimate of drug-likeness (QED) is 0.517. The third-order valence-electron chi connectivity index (χ3n) is 10.4. The highest BCUT2D eigenvalue weighted by Crippen LogP contribution is 2.68. The molecule has 154 valence electrons. The first-order chi connectivity index (χ1) is 12.9. The third-order valence-corrected chi connectivity index (χ3v) is 10.4. The summed E-state index contributed by atoms with van der Waals surface area (Å²) in [5, 5.41) is 0. The van der Waals surface area contributed by atoms with E-state index >= 15 is 0 Å². The summed E-state index contributed by atoms with van der Waals surface area (Å²) in [4.78, 5) is 11.6. The monoisotopic (exact) mass is 374 g/mol. The van der Waals surface area contributed by atoms with E-state index in [1.807, 2.05) is 0 Å². The van der Waals surface area contributed by atoms with Gasteiger partial charge in [0.1, 0.15) is 0 Å². The molecule has 0 aromatic rings. The second-order valence-corrected chi connectivity index (χ2v) is 11.2. The van der Waals surface area contributed by atoms with Gasteiger partial charge in [0.2, 0.25) is 0 Å². The molecule has 6 unspecified atom stereocenters. The largest absolute Gasteiger partial charge is 0.469 e. The van der Waals surface area contributed by atoms with E-state index in [1.54, 1.807) is 0 Å². The lowest BCUT2D eigenvalue weighted by Gasteiger charge is -2.61. The van der Waals surface area contributed by atoms with Crippen LogP contribution in [0.3, 0.4) is 0 Å². The minimum Gasteiger partial charge on any atom is -0.469 e. The molecule has 27 heavy (non-hydrogen) atoms. The maximum absolute atomic E-state index is 11.6. The Morgan fingerprint density at radius 1 is 0.963 bits per heavy atom. The second kappa shape index (κ2) is 7.38. The molecule has 2 heteroatoms. The first kappa shape index (κ1) is 19.8. The topological polar surface area (TPSA) is 26.3 Å².